The molecule has 2 aromatic rings. The monoisotopic (exact) mass is 406 g/mol. The Morgan fingerprint density at radius 1 is 1.13 bits per heavy atom. The van der Waals surface area contributed by atoms with E-state index in [1.807, 2.05) is 54.6 Å². The fourth-order valence-corrected chi connectivity index (χ4v) is 2.77. The zero-order valence-electron chi connectivity index (χ0n) is 17.7. The normalized spacial score (nSPS) is 11.0. The van der Waals surface area contributed by atoms with E-state index in [-0.39, 0.29) is 11.5 Å². The van der Waals surface area contributed by atoms with E-state index >= 15 is 0 Å². The van der Waals surface area contributed by atoms with Crippen LogP contribution in [-0.2, 0) is 20.9 Å². The maximum Gasteiger partial charge on any atom is 0.349 e. The van der Waals surface area contributed by atoms with E-state index in [1.165, 1.54) is 11.0 Å². The van der Waals surface area contributed by atoms with Crippen molar-refractivity contribution >= 4 is 18.0 Å². The summed E-state index contributed by atoms with van der Waals surface area (Å²) in [5.41, 5.74) is 2.56. The second-order valence-corrected chi connectivity index (χ2v) is 7.13. The Morgan fingerprint density at radius 3 is 2.40 bits per heavy atom. The third-order valence-corrected chi connectivity index (χ3v) is 4.61. The highest BCUT2D eigenvalue weighted by molar-refractivity contribution is 5.98. The number of likely N-dealkylation sites (N-methyl/N-ethyl adjacent to an activating group) is 1. The van der Waals surface area contributed by atoms with E-state index in [1.54, 1.807) is 14.2 Å². The van der Waals surface area contributed by atoms with Gasteiger partial charge in [-0.1, -0.05) is 56.3 Å². The maximum atomic E-state index is 12.3. The van der Waals surface area contributed by atoms with Crippen molar-refractivity contribution in [2.45, 2.75) is 26.3 Å². The molecule has 6 nitrogen and oxygen atoms in total. The lowest BCUT2D eigenvalue weighted by Crippen LogP contribution is -2.31. The Labute approximate surface area is 177 Å². The first kappa shape index (κ1) is 22.7. The summed E-state index contributed by atoms with van der Waals surface area (Å²) in [5.74, 6) is -0.146. The van der Waals surface area contributed by atoms with Crippen LogP contribution in [0.1, 0.15) is 36.5 Å². The van der Waals surface area contributed by atoms with E-state index in [4.69, 9.17) is 9.47 Å². The van der Waals surface area contributed by atoms with Crippen molar-refractivity contribution in [3.63, 3.8) is 0 Å². The lowest BCUT2D eigenvalue weighted by atomic mass is 10.0. The first-order valence-electron chi connectivity index (χ1n) is 9.60. The number of methoxy groups -OCH3 is 1. The van der Waals surface area contributed by atoms with Gasteiger partial charge in [0.2, 0.25) is 0 Å². The van der Waals surface area contributed by atoms with Gasteiger partial charge in [-0.3, -0.25) is 4.79 Å². The van der Waals surface area contributed by atoms with Crippen molar-refractivity contribution in [3.8, 4) is 11.8 Å². The summed E-state index contributed by atoms with van der Waals surface area (Å²) >= 11 is 0. The molecule has 156 valence electrons. The average molecular weight is 406 g/mol. The van der Waals surface area contributed by atoms with Crippen LogP contribution in [0.15, 0.2) is 54.1 Å². The van der Waals surface area contributed by atoms with Crippen molar-refractivity contribution in [2.24, 2.45) is 0 Å². The van der Waals surface area contributed by atoms with Crippen LogP contribution in [-0.4, -0.2) is 37.5 Å². The van der Waals surface area contributed by atoms with E-state index in [2.05, 4.69) is 13.8 Å². The van der Waals surface area contributed by atoms with Gasteiger partial charge in [0.05, 0.1) is 7.11 Å². The predicted molar refractivity (Wildman–Crippen MR) is 115 cm³/mol. The largest absolute Gasteiger partial charge is 0.496 e. The third kappa shape index (κ3) is 6.21. The van der Waals surface area contributed by atoms with Gasteiger partial charge in [-0.05, 0) is 29.2 Å². The molecule has 0 saturated heterocycles. The SMILES string of the molecule is COc1ccccc1CN(C)C(=O)COC(=O)/C(C#N)=C/c1ccc(C(C)C)cc1. The molecule has 2 rings (SSSR count). The molecule has 0 atom stereocenters. The number of carbonyl (C=O) groups excluding carboxylic acids is 2. The number of esters is 1. The number of ether oxygens (including phenoxy) is 2. The second kappa shape index (κ2) is 10.8. The molecule has 0 fully saturated rings. The number of amides is 1. The number of nitrogens with zero attached hydrogens (tertiary/aromatic N) is 2. The standard InChI is InChI=1S/C24H26N2O4/c1-17(2)19-11-9-18(10-12-19)13-21(14-25)24(28)30-16-23(27)26(3)15-20-7-5-6-8-22(20)29-4/h5-13,17H,15-16H2,1-4H3/b21-13+. The van der Waals surface area contributed by atoms with Crippen molar-refractivity contribution in [3.05, 3.63) is 70.8 Å². The molecule has 0 spiro atoms. The fourth-order valence-electron chi connectivity index (χ4n) is 2.77. The number of carbonyl (C=O) groups is 2. The van der Waals surface area contributed by atoms with Crippen LogP contribution < -0.4 is 4.74 Å². The summed E-state index contributed by atoms with van der Waals surface area (Å²) in [7, 11) is 3.18. The maximum absolute atomic E-state index is 12.3. The number of hydrogen-bond acceptors (Lipinski definition) is 5. The topological polar surface area (TPSA) is 79.6 Å². The summed E-state index contributed by atoms with van der Waals surface area (Å²) in [6, 6.07) is 16.8. The van der Waals surface area contributed by atoms with Gasteiger partial charge in [0, 0.05) is 19.2 Å². The summed E-state index contributed by atoms with van der Waals surface area (Å²) in [4.78, 5) is 26.0. The van der Waals surface area contributed by atoms with Crippen molar-refractivity contribution in [2.75, 3.05) is 20.8 Å². The molecule has 0 aliphatic rings. The molecular weight excluding hydrogens is 380 g/mol. The lowest BCUT2D eigenvalue weighted by Gasteiger charge is -2.18. The van der Waals surface area contributed by atoms with Crippen molar-refractivity contribution in [1.29, 1.82) is 5.26 Å². The molecule has 0 heterocycles. The van der Waals surface area contributed by atoms with Gasteiger partial charge in [0.1, 0.15) is 17.4 Å². The number of para-hydroxylation sites is 1. The predicted octanol–water partition coefficient (Wildman–Crippen LogP) is 3.93. The molecule has 30 heavy (non-hydrogen) atoms. The highest BCUT2D eigenvalue weighted by Crippen LogP contribution is 2.19. The number of hydrogen-bond donors (Lipinski definition) is 0. The van der Waals surface area contributed by atoms with Gasteiger partial charge < -0.3 is 14.4 Å². The molecule has 0 aliphatic carbocycles. The molecule has 1 amide bonds. The minimum Gasteiger partial charge on any atom is -0.496 e. The van der Waals surface area contributed by atoms with Crippen LogP contribution in [0, 0.1) is 11.3 Å². The quantitative estimate of drug-likeness (QED) is 0.377. The molecular formula is C24H26N2O4. The van der Waals surface area contributed by atoms with Gasteiger partial charge in [-0.2, -0.15) is 5.26 Å². The Balaban J connectivity index is 1.97. The smallest absolute Gasteiger partial charge is 0.349 e. The highest BCUT2D eigenvalue weighted by atomic mass is 16.5. The van der Waals surface area contributed by atoms with Crippen LogP contribution in [0.5, 0.6) is 5.75 Å². The summed E-state index contributed by atoms with van der Waals surface area (Å²) < 4.78 is 10.3. The van der Waals surface area contributed by atoms with Crippen LogP contribution >= 0.6 is 0 Å². The Kier molecular flexibility index (Phi) is 8.18. The van der Waals surface area contributed by atoms with E-state index in [9.17, 15) is 14.9 Å². The van der Waals surface area contributed by atoms with Crippen molar-refractivity contribution in [1.82, 2.24) is 4.90 Å². The first-order valence-corrected chi connectivity index (χ1v) is 9.60. The molecule has 0 radical (unpaired) electrons. The average Bonchev–Trinajstić information content (AvgIpc) is 2.76. The minimum atomic E-state index is -0.829. The molecule has 0 aliphatic heterocycles. The molecule has 2 aromatic carbocycles. The van der Waals surface area contributed by atoms with Crippen LogP contribution in [0.3, 0.4) is 0 Å². The van der Waals surface area contributed by atoms with E-state index < -0.39 is 12.6 Å². The molecule has 0 unspecified atom stereocenters. The van der Waals surface area contributed by atoms with Crippen LogP contribution in [0.25, 0.3) is 6.08 Å². The first-order chi connectivity index (χ1) is 14.3. The minimum absolute atomic E-state index is 0.160. The van der Waals surface area contributed by atoms with Crippen LogP contribution in [0.4, 0.5) is 0 Å². The Morgan fingerprint density at radius 2 is 1.80 bits per heavy atom. The number of benzene rings is 2. The van der Waals surface area contributed by atoms with Gasteiger partial charge >= 0.3 is 5.97 Å². The van der Waals surface area contributed by atoms with Crippen molar-refractivity contribution < 1.29 is 19.1 Å². The Hall–Kier alpha value is -3.59. The number of nitriles is 1. The molecule has 0 bridgehead atoms. The third-order valence-electron chi connectivity index (χ3n) is 4.61. The Bertz CT molecular complexity index is 956. The second-order valence-electron chi connectivity index (χ2n) is 7.13. The summed E-state index contributed by atoms with van der Waals surface area (Å²) in [5, 5.41) is 9.30. The number of rotatable bonds is 8. The van der Waals surface area contributed by atoms with Gasteiger partial charge in [-0.15, -0.1) is 0 Å². The van der Waals surface area contributed by atoms with Gasteiger partial charge in [-0.25, -0.2) is 4.79 Å². The van der Waals surface area contributed by atoms with Gasteiger partial charge in [0.15, 0.2) is 6.61 Å². The fraction of sp³-hybridized carbons (Fsp3) is 0.292. The molecule has 0 aromatic heterocycles. The molecule has 0 N–H and O–H groups in total. The van der Waals surface area contributed by atoms with E-state index in [0.29, 0.717) is 23.8 Å². The van der Waals surface area contributed by atoms with Gasteiger partial charge in [0.25, 0.3) is 5.91 Å². The van der Waals surface area contributed by atoms with E-state index in [0.717, 1.165) is 11.1 Å². The zero-order valence-corrected chi connectivity index (χ0v) is 17.7. The zero-order chi connectivity index (χ0) is 22.1. The summed E-state index contributed by atoms with van der Waals surface area (Å²) in [6.45, 7) is 4.04. The highest BCUT2D eigenvalue weighted by Gasteiger charge is 2.17. The lowest BCUT2D eigenvalue weighted by molar-refractivity contribution is -0.148. The van der Waals surface area contributed by atoms with Crippen LogP contribution in [0.2, 0.25) is 0 Å². The molecule has 0 saturated carbocycles. The molecule has 6 heteroatoms. The summed E-state index contributed by atoms with van der Waals surface area (Å²) in [6.07, 6.45) is 1.45.